The summed E-state index contributed by atoms with van der Waals surface area (Å²) in [6.45, 7) is 12.6. The number of nitrogens with zero attached hydrogens (tertiary/aromatic N) is 2. The second-order valence-electron chi connectivity index (χ2n) is 6.99. The van der Waals surface area contributed by atoms with Crippen LogP contribution in [0.4, 0.5) is 0 Å². The molecule has 0 saturated carbocycles. The van der Waals surface area contributed by atoms with E-state index in [9.17, 15) is 0 Å². The molecule has 0 N–H and O–H groups in total. The summed E-state index contributed by atoms with van der Waals surface area (Å²) in [5, 5.41) is 1.73. The number of hydrogen-bond donors (Lipinski definition) is 0. The third-order valence-electron chi connectivity index (χ3n) is 4.89. The number of hydrogen-bond acceptors (Lipinski definition) is 2. The molecule has 0 saturated heterocycles. The molecule has 0 radical (unpaired) electrons. The van der Waals surface area contributed by atoms with Gasteiger partial charge in [-0.1, -0.05) is 23.2 Å². The summed E-state index contributed by atoms with van der Waals surface area (Å²) >= 11 is 13.3. The Balaban J connectivity index is 1.94. The van der Waals surface area contributed by atoms with Gasteiger partial charge in [-0.2, -0.15) is 0 Å². The van der Waals surface area contributed by atoms with Crippen molar-refractivity contribution in [3.05, 3.63) is 44.5 Å². The molecule has 3 aliphatic rings. The molecule has 0 unspecified atom stereocenters. The van der Waals surface area contributed by atoms with Gasteiger partial charge in [0, 0.05) is 48.3 Å². The minimum atomic E-state index is 0.499. The maximum absolute atomic E-state index is 6.66. The van der Waals surface area contributed by atoms with E-state index in [-0.39, 0.29) is 0 Å². The first-order valence-electron chi connectivity index (χ1n) is 8.04. The Morgan fingerprint density at radius 3 is 1.45 bits per heavy atom. The molecule has 4 heteroatoms. The van der Waals surface area contributed by atoms with Crippen LogP contribution in [0.1, 0.15) is 27.7 Å². The molecule has 120 valence electrons. The molecule has 2 aliphatic heterocycles. The van der Waals surface area contributed by atoms with Crippen LogP contribution >= 0.6 is 23.2 Å². The summed E-state index contributed by atoms with van der Waals surface area (Å²) < 4.78 is 0. The highest BCUT2D eigenvalue weighted by Crippen LogP contribution is 2.38. The lowest BCUT2D eigenvalue weighted by atomic mass is 10.0. The second-order valence-corrected chi connectivity index (χ2v) is 7.80. The van der Waals surface area contributed by atoms with Gasteiger partial charge in [-0.25, -0.2) is 0 Å². The molecule has 0 fully saturated rings. The van der Waals surface area contributed by atoms with Gasteiger partial charge in [-0.3, -0.25) is 9.80 Å². The maximum atomic E-state index is 6.66. The largest absolute Gasteiger partial charge is 0.292 e. The van der Waals surface area contributed by atoms with E-state index in [1.807, 2.05) is 0 Å². The highest BCUT2D eigenvalue weighted by molar-refractivity contribution is 6.35. The second kappa shape index (κ2) is 6.16. The van der Waals surface area contributed by atoms with Crippen molar-refractivity contribution in [2.45, 2.75) is 39.8 Å². The van der Waals surface area contributed by atoms with E-state index in [1.165, 1.54) is 22.3 Å². The van der Waals surface area contributed by atoms with Crippen molar-refractivity contribution in [2.75, 3.05) is 26.2 Å². The van der Waals surface area contributed by atoms with Crippen LogP contribution in [-0.4, -0.2) is 48.1 Å². The van der Waals surface area contributed by atoms with Gasteiger partial charge in [-0.15, -0.1) is 0 Å². The summed E-state index contributed by atoms with van der Waals surface area (Å²) in [6.07, 6.45) is 4.33. The lowest BCUT2D eigenvalue weighted by molar-refractivity contribution is 0.281. The normalized spacial score (nSPS) is 28.5. The fourth-order valence-electron chi connectivity index (χ4n) is 3.28. The Morgan fingerprint density at radius 2 is 1.09 bits per heavy atom. The summed E-state index contributed by atoms with van der Waals surface area (Å²) in [7, 11) is 0. The van der Waals surface area contributed by atoms with Crippen LogP contribution in [0.15, 0.2) is 44.5 Å². The molecular weight excluding hydrogens is 315 g/mol. The first-order valence-corrected chi connectivity index (χ1v) is 8.79. The van der Waals surface area contributed by atoms with E-state index in [1.54, 1.807) is 0 Å². The standard InChI is InChI=1S/C18H24Cl2N2/c1-11(2)21-7-13-5-17(19)15-9-22(12(3)4)10-16(15)18(20)6-14(13)8-21/h5-6,11-12H,7-10H2,1-4H3/b13-5?,14-6?,17-5+,17-15?,18-6+,18-16?. The summed E-state index contributed by atoms with van der Waals surface area (Å²) in [5.41, 5.74) is 5.02. The van der Waals surface area contributed by atoms with Gasteiger partial charge in [0.1, 0.15) is 0 Å². The van der Waals surface area contributed by atoms with Crippen molar-refractivity contribution in [2.24, 2.45) is 0 Å². The lowest BCUT2D eigenvalue weighted by Crippen LogP contribution is -2.29. The highest BCUT2D eigenvalue weighted by Gasteiger charge is 2.30. The van der Waals surface area contributed by atoms with Crippen LogP contribution in [-0.2, 0) is 0 Å². The van der Waals surface area contributed by atoms with Gasteiger partial charge in [0.15, 0.2) is 0 Å². The van der Waals surface area contributed by atoms with E-state index >= 15 is 0 Å². The maximum Gasteiger partial charge on any atom is 0.0458 e. The molecule has 0 bridgehead atoms. The molecule has 0 aromatic heterocycles. The predicted octanol–water partition coefficient (Wildman–Crippen LogP) is 4.29. The molecule has 3 rings (SSSR count). The SMILES string of the molecule is CC(C)N1CC2=C(/C=C(/Cl)C3=C(CN(C(C)C)C3)/C(Cl)=C\2)C1. The van der Waals surface area contributed by atoms with E-state index in [0.717, 1.165) is 36.2 Å². The van der Waals surface area contributed by atoms with Crippen LogP contribution in [0.3, 0.4) is 0 Å². The average Bonchev–Trinajstić information content (AvgIpc) is 3.02. The fourth-order valence-corrected chi connectivity index (χ4v) is 3.89. The molecule has 0 amide bonds. The van der Waals surface area contributed by atoms with Crippen molar-refractivity contribution >= 4 is 23.2 Å². The summed E-state index contributed by atoms with van der Waals surface area (Å²) in [4.78, 5) is 4.86. The van der Waals surface area contributed by atoms with Crippen molar-refractivity contribution in [3.8, 4) is 0 Å². The van der Waals surface area contributed by atoms with Crippen LogP contribution in [0, 0.1) is 0 Å². The van der Waals surface area contributed by atoms with E-state index < -0.39 is 0 Å². The summed E-state index contributed by atoms with van der Waals surface area (Å²) in [5.74, 6) is 0. The van der Waals surface area contributed by atoms with Crippen molar-refractivity contribution < 1.29 is 0 Å². The Bertz CT molecular complexity index is 565. The Kier molecular flexibility index (Phi) is 4.57. The van der Waals surface area contributed by atoms with E-state index in [0.29, 0.717) is 12.1 Å². The van der Waals surface area contributed by atoms with Gasteiger partial charge in [0.05, 0.1) is 0 Å². The number of rotatable bonds is 2. The molecule has 0 atom stereocenters. The van der Waals surface area contributed by atoms with Gasteiger partial charge < -0.3 is 0 Å². The molecule has 0 aromatic rings. The third kappa shape index (κ3) is 2.94. The van der Waals surface area contributed by atoms with E-state index in [2.05, 4.69) is 49.6 Å². The zero-order valence-electron chi connectivity index (χ0n) is 13.8. The smallest absolute Gasteiger partial charge is 0.0458 e. The van der Waals surface area contributed by atoms with Crippen molar-refractivity contribution in [3.63, 3.8) is 0 Å². The minimum absolute atomic E-state index is 0.499. The first kappa shape index (κ1) is 16.3. The van der Waals surface area contributed by atoms with Gasteiger partial charge in [0.25, 0.3) is 0 Å². The third-order valence-corrected chi connectivity index (χ3v) is 5.56. The molecule has 2 nitrogen and oxygen atoms in total. The Morgan fingerprint density at radius 1 is 0.727 bits per heavy atom. The first-order chi connectivity index (χ1) is 10.4. The van der Waals surface area contributed by atoms with Crippen LogP contribution < -0.4 is 0 Å². The predicted molar refractivity (Wildman–Crippen MR) is 95.3 cm³/mol. The minimum Gasteiger partial charge on any atom is -0.292 e. The van der Waals surface area contributed by atoms with Crippen molar-refractivity contribution in [1.29, 1.82) is 0 Å². The topological polar surface area (TPSA) is 6.48 Å². The molecule has 2 heterocycles. The number of halogens is 2. The zero-order chi connectivity index (χ0) is 16.0. The summed E-state index contributed by atoms with van der Waals surface area (Å²) in [6, 6.07) is 1.03. The van der Waals surface area contributed by atoms with Crippen LogP contribution in [0.5, 0.6) is 0 Å². The zero-order valence-corrected chi connectivity index (χ0v) is 15.3. The molecule has 0 spiro atoms. The molecule has 1 aliphatic carbocycles. The highest BCUT2D eigenvalue weighted by atomic mass is 35.5. The lowest BCUT2D eigenvalue weighted by Gasteiger charge is -2.21. The molecule has 22 heavy (non-hydrogen) atoms. The molecule has 0 aromatic carbocycles. The van der Waals surface area contributed by atoms with Crippen LogP contribution in [0.2, 0.25) is 0 Å². The van der Waals surface area contributed by atoms with Gasteiger partial charge in [0.2, 0.25) is 0 Å². The van der Waals surface area contributed by atoms with Crippen molar-refractivity contribution in [1.82, 2.24) is 9.80 Å². The van der Waals surface area contributed by atoms with Gasteiger partial charge in [-0.05, 0) is 62.1 Å². The average molecular weight is 339 g/mol. The van der Waals surface area contributed by atoms with Crippen LogP contribution in [0.25, 0.3) is 0 Å². The van der Waals surface area contributed by atoms with Gasteiger partial charge >= 0.3 is 0 Å². The molecular formula is C18H24Cl2N2. The Labute approximate surface area is 143 Å². The fraction of sp³-hybridized carbons (Fsp3) is 0.556. The monoisotopic (exact) mass is 338 g/mol. The van der Waals surface area contributed by atoms with E-state index in [4.69, 9.17) is 23.2 Å². The quantitative estimate of drug-likeness (QED) is 0.741. The Hall–Kier alpha value is -0.540.